The van der Waals surface area contributed by atoms with Gasteiger partial charge in [-0.3, -0.25) is 0 Å². The Bertz CT molecular complexity index is 942. The van der Waals surface area contributed by atoms with E-state index in [1.807, 2.05) is 0 Å². The van der Waals surface area contributed by atoms with Gasteiger partial charge < -0.3 is 25.8 Å². The summed E-state index contributed by atoms with van der Waals surface area (Å²) in [5, 5.41) is 27.2. The molecule has 1 heterocycles. The van der Waals surface area contributed by atoms with Crippen molar-refractivity contribution in [1.82, 2.24) is 0 Å². The van der Waals surface area contributed by atoms with E-state index in [0.717, 1.165) is 17.5 Å². The number of benzene rings is 1. The Morgan fingerprint density at radius 1 is 1.43 bits per heavy atom. The first-order valence-corrected chi connectivity index (χ1v) is 11.1. The lowest BCUT2D eigenvalue weighted by Gasteiger charge is -2.11. The average molecular weight is 454 g/mol. The molecule has 1 aromatic heterocycles. The quantitative estimate of drug-likeness (QED) is 0.531. The van der Waals surface area contributed by atoms with Crippen molar-refractivity contribution in [2.75, 3.05) is 13.2 Å². The van der Waals surface area contributed by atoms with E-state index in [4.69, 9.17) is 37.4 Å². The Balaban J connectivity index is 0.000000171. The van der Waals surface area contributed by atoms with E-state index < -0.39 is 12.1 Å². The summed E-state index contributed by atoms with van der Waals surface area (Å²) in [6.07, 6.45) is 0.0918. The Morgan fingerprint density at radius 3 is 2.70 bits per heavy atom. The van der Waals surface area contributed by atoms with Crippen LogP contribution in [0.3, 0.4) is 0 Å². The zero-order valence-corrected chi connectivity index (χ0v) is 18.9. The molecule has 2 aliphatic rings. The number of aliphatic hydroxyl groups excluding tert-OH is 2. The Labute approximate surface area is 185 Å². The van der Waals surface area contributed by atoms with E-state index in [1.54, 1.807) is 18.2 Å². The van der Waals surface area contributed by atoms with Crippen LogP contribution in [-0.4, -0.2) is 40.6 Å². The maximum atomic E-state index is 11.1. The van der Waals surface area contributed by atoms with Crippen LogP contribution in [0.25, 0.3) is 0 Å². The van der Waals surface area contributed by atoms with Gasteiger partial charge in [0, 0.05) is 11.4 Å². The van der Waals surface area contributed by atoms with Crippen molar-refractivity contribution in [2.45, 2.75) is 45.8 Å². The second-order valence-corrected chi connectivity index (χ2v) is 10.0. The van der Waals surface area contributed by atoms with E-state index in [-0.39, 0.29) is 13.2 Å². The van der Waals surface area contributed by atoms with Gasteiger partial charge in [-0.05, 0) is 59.4 Å². The minimum absolute atomic E-state index is 0.0121. The molecule has 0 saturated heterocycles. The van der Waals surface area contributed by atoms with E-state index in [2.05, 4.69) is 20.8 Å². The fourth-order valence-electron chi connectivity index (χ4n) is 4.33. The van der Waals surface area contributed by atoms with Crippen LogP contribution in [0.1, 0.15) is 51.0 Å². The molecule has 30 heavy (non-hydrogen) atoms. The zero-order chi connectivity index (χ0) is 22.2. The molecule has 4 rings (SSSR count). The molecule has 164 valence electrons. The lowest BCUT2D eigenvalue weighted by molar-refractivity contribution is 0.0536. The molecule has 0 spiro atoms. The highest BCUT2D eigenvalue weighted by Gasteiger charge is 2.63. The van der Waals surface area contributed by atoms with Gasteiger partial charge in [0.2, 0.25) is 0 Å². The Kier molecular flexibility index (Phi) is 6.79. The highest BCUT2D eigenvalue weighted by molar-refractivity contribution is 7.14. The van der Waals surface area contributed by atoms with Crippen molar-refractivity contribution in [3.8, 4) is 5.75 Å². The standard InChI is InChI=1S/C12H14O2S.C10H14ClNO3/c1-5-8-6(10(15-5)11(13)14)4-7-9(8)12(7,2)3;11-9-3-7(4-12)1-2-10(9)15-6-8(14)5-13/h7,9H,4H2,1-3H3,(H,13,14);1-3,8,13-14H,4-6,12H2/t7-,9-;8-/m11/s1. The number of ether oxygens (including phenoxy) is 1. The van der Waals surface area contributed by atoms with Gasteiger partial charge in [-0.1, -0.05) is 31.5 Å². The lowest BCUT2D eigenvalue weighted by Crippen LogP contribution is -2.21. The van der Waals surface area contributed by atoms with Gasteiger partial charge in [0.25, 0.3) is 0 Å². The third-order valence-corrected chi connectivity index (χ3v) is 7.53. The molecule has 2 aromatic rings. The van der Waals surface area contributed by atoms with Crippen LogP contribution >= 0.6 is 22.9 Å². The minimum Gasteiger partial charge on any atom is -0.489 e. The third-order valence-electron chi connectivity index (χ3n) is 6.09. The Hall–Kier alpha value is -1.64. The largest absolute Gasteiger partial charge is 0.489 e. The maximum Gasteiger partial charge on any atom is 0.346 e. The number of halogens is 1. The van der Waals surface area contributed by atoms with Crippen molar-refractivity contribution in [3.63, 3.8) is 0 Å². The van der Waals surface area contributed by atoms with Gasteiger partial charge in [0.05, 0.1) is 11.6 Å². The molecule has 6 nitrogen and oxygen atoms in total. The summed E-state index contributed by atoms with van der Waals surface area (Å²) in [5.41, 5.74) is 9.27. The zero-order valence-electron chi connectivity index (χ0n) is 17.3. The molecule has 8 heteroatoms. The summed E-state index contributed by atoms with van der Waals surface area (Å²) in [5.74, 6) is 1.06. The van der Waals surface area contributed by atoms with Crippen molar-refractivity contribution < 1.29 is 24.9 Å². The summed E-state index contributed by atoms with van der Waals surface area (Å²) in [4.78, 5) is 12.9. The van der Waals surface area contributed by atoms with Crippen LogP contribution in [0.15, 0.2) is 18.2 Å². The third kappa shape index (κ3) is 4.36. The molecule has 5 N–H and O–H groups in total. The summed E-state index contributed by atoms with van der Waals surface area (Å²) >= 11 is 7.37. The number of carboxylic acid groups (broad SMARTS) is 1. The second kappa shape index (κ2) is 8.85. The first-order valence-electron chi connectivity index (χ1n) is 9.87. The molecule has 0 bridgehead atoms. The van der Waals surface area contributed by atoms with Crippen LogP contribution < -0.4 is 10.5 Å². The highest BCUT2D eigenvalue weighted by Crippen LogP contribution is 2.71. The van der Waals surface area contributed by atoms with Crippen molar-refractivity contribution >= 4 is 28.9 Å². The molecule has 0 radical (unpaired) electrons. The number of hydrogen-bond acceptors (Lipinski definition) is 6. The molecular weight excluding hydrogens is 426 g/mol. The van der Waals surface area contributed by atoms with E-state index in [9.17, 15) is 4.79 Å². The fraction of sp³-hybridized carbons (Fsp3) is 0.500. The molecule has 3 atom stereocenters. The van der Waals surface area contributed by atoms with Crippen LogP contribution in [0.2, 0.25) is 5.02 Å². The van der Waals surface area contributed by atoms with Gasteiger partial charge >= 0.3 is 5.97 Å². The monoisotopic (exact) mass is 453 g/mol. The van der Waals surface area contributed by atoms with Crippen LogP contribution in [0.5, 0.6) is 5.75 Å². The van der Waals surface area contributed by atoms with Gasteiger partial charge in [0.15, 0.2) is 0 Å². The topological polar surface area (TPSA) is 113 Å². The first kappa shape index (κ1) is 23.0. The van der Waals surface area contributed by atoms with Gasteiger partial charge in [-0.25, -0.2) is 4.79 Å². The maximum absolute atomic E-state index is 11.1. The number of rotatable bonds is 6. The number of aryl methyl sites for hydroxylation is 1. The number of hydrogen-bond donors (Lipinski definition) is 4. The number of aliphatic hydroxyl groups is 2. The molecule has 0 aliphatic heterocycles. The number of fused-ring (bicyclic) bond motifs is 3. The van der Waals surface area contributed by atoms with Crippen LogP contribution in [0.4, 0.5) is 0 Å². The fourth-order valence-corrected chi connectivity index (χ4v) is 5.66. The highest BCUT2D eigenvalue weighted by atomic mass is 35.5. The van der Waals surface area contributed by atoms with Crippen molar-refractivity contribution in [2.24, 2.45) is 17.1 Å². The van der Waals surface area contributed by atoms with E-state index in [1.165, 1.54) is 21.8 Å². The smallest absolute Gasteiger partial charge is 0.346 e. The predicted molar refractivity (Wildman–Crippen MR) is 118 cm³/mol. The lowest BCUT2D eigenvalue weighted by atomic mass is 9.95. The molecule has 1 saturated carbocycles. The van der Waals surface area contributed by atoms with Gasteiger partial charge in [-0.2, -0.15) is 0 Å². The molecule has 0 amide bonds. The molecule has 2 aliphatic carbocycles. The SMILES string of the molecule is Cc1sc(C(=O)O)c2c1[C@H]1[C@@H](C2)C1(C)C.NCc1ccc(OC[C@H](O)CO)c(Cl)c1. The second-order valence-electron chi connectivity index (χ2n) is 8.41. The summed E-state index contributed by atoms with van der Waals surface area (Å²) in [6, 6.07) is 5.20. The number of nitrogens with two attached hydrogens (primary N) is 1. The van der Waals surface area contributed by atoms with Gasteiger partial charge in [0.1, 0.15) is 23.3 Å². The summed E-state index contributed by atoms with van der Waals surface area (Å²) < 4.78 is 5.21. The number of aromatic carboxylic acids is 1. The van der Waals surface area contributed by atoms with E-state index in [0.29, 0.717) is 39.4 Å². The summed E-state index contributed by atoms with van der Waals surface area (Å²) in [6.45, 7) is 6.74. The van der Waals surface area contributed by atoms with Crippen LogP contribution in [0, 0.1) is 18.3 Å². The number of thiophene rings is 1. The predicted octanol–water partition coefficient (Wildman–Crippen LogP) is 3.58. The average Bonchev–Trinajstić information content (AvgIpc) is 3.04. The van der Waals surface area contributed by atoms with Crippen LogP contribution in [-0.2, 0) is 13.0 Å². The molecule has 1 aromatic carbocycles. The number of carboxylic acids is 1. The Morgan fingerprint density at radius 2 is 2.13 bits per heavy atom. The first-order chi connectivity index (χ1) is 14.1. The van der Waals surface area contributed by atoms with Crippen molar-refractivity contribution in [3.05, 3.63) is 49.7 Å². The number of carbonyl (C=O) groups is 1. The molecule has 0 unspecified atom stereocenters. The summed E-state index contributed by atoms with van der Waals surface area (Å²) in [7, 11) is 0. The van der Waals surface area contributed by atoms with Gasteiger partial charge in [-0.15, -0.1) is 11.3 Å². The molecule has 1 fully saturated rings. The minimum atomic E-state index is -0.893. The van der Waals surface area contributed by atoms with E-state index >= 15 is 0 Å². The van der Waals surface area contributed by atoms with Crippen molar-refractivity contribution in [1.29, 1.82) is 0 Å². The molecular formula is C22H28ClNO5S. The normalized spacial score (nSPS) is 21.2.